The van der Waals surface area contributed by atoms with E-state index in [-0.39, 0.29) is 11.9 Å². The zero-order valence-electron chi connectivity index (χ0n) is 10.9. The number of nitrogens with zero attached hydrogens (tertiary/aromatic N) is 2. The molecule has 0 spiro atoms. The van der Waals surface area contributed by atoms with Crippen molar-refractivity contribution in [3.8, 4) is 0 Å². The molecular formula is C13H17N5O. The van der Waals surface area contributed by atoms with Gasteiger partial charge >= 0.3 is 0 Å². The van der Waals surface area contributed by atoms with Gasteiger partial charge in [0.2, 0.25) is 0 Å². The summed E-state index contributed by atoms with van der Waals surface area (Å²) in [4.78, 5) is 16.4. The lowest BCUT2D eigenvalue weighted by Gasteiger charge is -2.23. The first-order valence-electron chi connectivity index (χ1n) is 6.56. The normalized spacial score (nSPS) is 16.7. The van der Waals surface area contributed by atoms with Crippen LogP contribution in [0.5, 0.6) is 0 Å². The molecule has 3 heterocycles. The van der Waals surface area contributed by atoms with Crippen LogP contribution in [0.1, 0.15) is 28.9 Å². The van der Waals surface area contributed by atoms with Gasteiger partial charge < -0.3 is 10.6 Å². The van der Waals surface area contributed by atoms with E-state index in [9.17, 15) is 4.79 Å². The van der Waals surface area contributed by atoms with Gasteiger partial charge in [-0.3, -0.25) is 9.89 Å². The lowest BCUT2D eigenvalue weighted by atomic mass is 10.1. The first kappa shape index (κ1) is 12.1. The Morgan fingerprint density at radius 3 is 3.00 bits per heavy atom. The van der Waals surface area contributed by atoms with Crippen LogP contribution in [0.3, 0.4) is 0 Å². The van der Waals surface area contributed by atoms with Crippen molar-refractivity contribution in [3.63, 3.8) is 0 Å². The molecule has 1 amide bonds. The molecule has 1 aliphatic heterocycles. The molecule has 19 heavy (non-hydrogen) atoms. The summed E-state index contributed by atoms with van der Waals surface area (Å²) in [7, 11) is 0. The summed E-state index contributed by atoms with van der Waals surface area (Å²) in [6.45, 7) is 3.84. The molecule has 1 fully saturated rings. The second kappa shape index (κ2) is 4.97. The zero-order chi connectivity index (χ0) is 13.2. The SMILES string of the molecule is Cc1[nH]nc2ncc(C(=O)NC3CCNCC3)cc12. The maximum Gasteiger partial charge on any atom is 0.253 e. The molecule has 1 saturated heterocycles. The summed E-state index contributed by atoms with van der Waals surface area (Å²) in [5.74, 6) is -0.0538. The van der Waals surface area contributed by atoms with Crippen molar-refractivity contribution in [2.24, 2.45) is 0 Å². The number of pyridine rings is 1. The van der Waals surface area contributed by atoms with Gasteiger partial charge in [0.05, 0.1) is 5.56 Å². The van der Waals surface area contributed by atoms with Gasteiger partial charge in [-0.05, 0) is 38.9 Å². The molecule has 0 radical (unpaired) electrons. The molecule has 0 saturated carbocycles. The first-order valence-corrected chi connectivity index (χ1v) is 6.56. The Bertz CT molecular complexity index is 600. The van der Waals surface area contributed by atoms with E-state index >= 15 is 0 Å². The van der Waals surface area contributed by atoms with Crippen molar-refractivity contribution in [1.82, 2.24) is 25.8 Å². The highest BCUT2D eigenvalue weighted by Crippen LogP contribution is 2.14. The number of aromatic amines is 1. The number of amides is 1. The number of hydrogen-bond acceptors (Lipinski definition) is 4. The summed E-state index contributed by atoms with van der Waals surface area (Å²) >= 11 is 0. The molecule has 6 nitrogen and oxygen atoms in total. The summed E-state index contributed by atoms with van der Waals surface area (Å²) in [6, 6.07) is 2.10. The van der Waals surface area contributed by atoms with Gasteiger partial charge in [-0.25, -0.2) is 4.98 Å². The minimum absolute atomic E-state index is 0.0538. The van der Waals surface area contributed by atoms with Crippen molar-refractivity contribution in [1.29, 1.82) is 0 Å². The van der Waals surface area contributed by atoms with Gasteiger partial charge in [0.15, 0.2) is 5.65 Å². The molecule has 100 valence electrons. The van der Waals surface area contributed by atoms with Crippen molar-refractivity contribution < 1.29 is 4.79 Å². The molecule has 2 aromatic rings. The number of hydrogen-bond donors (Lipinski definition) is 3. The van der Waals surface area contributed by atoms with Gasteiger partial charge in [0.1, 0.15) is 0 Å². The predicted octanol–water partition coefficient (Wildman–Crippen LogP) is 0.748. The highest BCUT2D eigenvalue weighted by atomic mass is 16.1. The number of aryl methyl sites for hydroxylation is 1. The largest absolute Gasteiger partial charge is 0.349 e. The molecule has 1 aliphatic rings. The predicted molar refractivity (Wildman–Crippen MR) is 72.0 cm³/mol. The van der Waals surface area contributed by atoms with Crippen LogP contribution in [0.15, 0.2) is 12.3 Å². The highest BCUT2D eigenvalue weighted by Gasteiger charge is 2.17. The van der Waals surface area contributed by atoms with E-state index in [0.717, 1.165) is 37.0 Å². The van der Waals surface area contributed by atoms with Gasteiger partial charge in [-0.1, -0.05) is 0 Å². The number of rotatable bonds is 2. The zero-order valence-corrected chi connectivity index (χ0v) is 10.9. The van der Waals surface area contributed by atoms with E-state index < -0.39 is 0 Å². The maximum atomic E-state index is 12.2. The number of piperidine rings is 1. The van der Waals surface area contributed by atoms with E-state index in [0.29, 0.717) is 11.2 Å². The van der Waals surface area contributed by atoms with Gasteiger partial charge in [-0.15, -0.1) is 0 Å². The summed E-state index contributed by atoms with van der Waals surface area (Å²) in [6.07, 6.45) is 3.54. The number of aromatic nitrogens is 3. The number of carbonyl (C=O) groups is 1. The summed E-state index contributed by atoms with van der Waals surface area (Å²) < 4.78 is 0. The standard InChI is InChI=1S/C13H17N5O/c1-8-11-6-9(7-15-12(11)18-17-8)13(19)16-10-2-4-14-5-3-10/h6-7,10,14H,2-5H2,1H3,(H,16,19)(H,15,17,18). The maximum absolute atomic E-state index is 12.2. The van der Waals surface area contributed by atoms with Crippen LogP contribution in [-0.4, -0.2) is 40.2 Å². The van der Waals surface area contributed by atoms with E-state index in [4.69, 9.17) is 0 Å². The Morgan fingerprint density at radius 2 is 2.21 bits per heavy atom. The Hall–Kier alpha value is -1.95. The van der Waals surface area contributed by atoms with Crippen molar-refractivity contribution >= 4 is 16.9 Å². The van der Waals surface area contributed by atoms with E-state index in [1.54, 1.807) is 6.20 Å². The van der Waals surface area contributed by atoms with Crippen molar-refractivity contribution in [2.45, 2.75) is 25.8 Å². The van der Waals surface area contributed by atoms with Crippen molar-refractivity contribution in [2.75, 3.05) is 13.1 Å². The molecule has 0 aliphatic carbocycles. The summed E-state index contributed by atoms with van der Waals surface area (Å²) in [5, 5.41) is 14.2. The topological polar surface area (TPSA) is 82.7 Å². The third-order valence-electron chi connectivity index (χ3n) is 3.54. The number of H-pyrrole nitrogens is 1. The quantitative estimate of drug-likeness (QED) is 0.743. The van der Waals surface area contributed by atoms with E-state index in [1.807, 2.05) is 13.0 Å². The molecule has 6 heteroatoms. The fourth-order valence-corrected chi connectivity index (χ4v) is 2.38. The Labute approximate surface area is 111 Å². The average molecular weight is 259 g/mol. The monoisotopic (exact) mass is 259 g/mol. The second-order valence-electron chi connectivity index (χ2n) is 4.94. The number of nitrogens with one attached hydrogen (secondary N) is 3. The molecule has 3 N–H and O–H groups in total. The Kier molecular flexibility index (Phi) is 3.16. The molecule has 3 rings (SSSR count). The van der Waals surface area contributed by atoms with Crippen LogP contribution in [0, 0.1) is 6.92 Å². The molecule has 2 aromatic heterocycles. The van der Waals surface area contributed by atoms with Crippen LogP contribution < -0.4 is 10.6 Å². The second-order valence-corrected chi connectivity index (χ2v) is 4.94. The smallest absolute Gasteiger partial charge is 0.253 e. The molecule has 0 aromatic carbocycles. The third kappa shape index (κ3) is 2.44. The molecular weight excluding hydrogens is 242 g/mol. The van der Waals surface area contributed by atoms with E-state index in [2.05, 4.69) is 25.8 Å². The van der Waals surface area contributed by atoms with Crippen LogP contribution in [-0.2, 0) is 0 Å². The molecule has 0 unspecified atom stereocenters. The first-order chi connectivity index (χ1) is 9.24. The Morgan fingerprint density at radius 1 is 1.42 bits per heavy atom. The lowest BCUT2D eigenvalue weighted by Crippen LogP contribution is -2.42. The van der Waals surface area contributed by atoms with Crippen LogP contribution in [0.4, 0.5) is 0 Å². The average Bonchev–Trinajstić information content (AvgIpc) is 2.81. The van der Waals surface area contributed by atoms with Crippen LogP contribution in [0.2, 0.25) is 0 Å². The lowest BCUT2D eigenvalue weighted by molar-refractivity contribution is 0.0929. The molecule has 0 bridgehead atoms. The minimum Gasteiger partial charge on any atom is -0.349 e. The van der Waals surface area contributed by atoms with Crippen LogP contribution in [0.25, 0.3) is 11.0 Å². The molecule has 0 atom stereocenters. The van der Waals surface area contributed by atoms with Crippen molar-refractivity contribution in [3.05, 3.63) is 23.5 Å². The summed E-state index contributed by atoms with van der Waals surface area (Å²) in [5.41, 5.74) is 2.17. The number of fused-ring (bicyclic) bond motifs is 1. The fraction of sp³-hybridized carbons (Fsp3) is 0.462. The third-order valence-corrected chi connectivity index (χ3v) is 3.54. The van der Waals surface area contributed by atoms with Crippen LogP contribution >= 0.6 is 0 Å². The van der Waals surface area contributed by atoms with Gasteiger partial charge in [-0.2, -0.15) is 5.10 Å². The number of carbonyl (C=O) groups excluding carboxylic acids is 1. The van der Waals surface area contributed by atoms with Gasteiger partial charge in [0.25, 0.3) is 5.91 Å². The fourth-order valence-electron chi connectivity index (χ4n) is 2.38. The minimum atomic E-state index is -0.0538. The highest BCUT2D eigenvalue weighted by molar-refractivity contribution is 5.97. The van der Waals surface area contributed by atoms with E-state index in [1.165, 1.54) is 0 Å². The Balaban J connectivity index is 1.78. The van der Waals surface area contributed by atoms with Gasteiger partial charge in [0, 0.05) is 23.3 Å².